The van der Waals surface area contributed by atoms with E-state index in [4.69, 9.17) is 10.5 Å². The molecule has 0 saturated carbocycles. The number of anilines is 1. The normalized spacial score (nSPS) is 11.5. The molecule has 0 radical (unpaired) electrons. The van der Waals surface area contributed by atoms with Crippen LogP contribution in [0.1, 0.15) is 24.5 Å². The summed E-state index contributed by atoms with van der Waals surface area (Å²) in [5.41, 5.74) is 8.27. The van der Waals surface area contributed by atoms with Crippen molar-refractivity contribution in [3.63, 3.8) is 0 Å². The molecule has 0 atom stereocenters. The summed E-state index contributed by atoms with van der Waals surface area (Å²) in [4.78, 5) is 0. The average molecular weight is 271 g/mol. The monoisotopic (exact) mass is 271 g/mol. The van der Waals surface area contributed by atoms with Crippen molar-refractivity contribution in [1.82, 2.24) is 0 Å². The Morgan fingerprint density at radius 2 is 1.72 bits per heavy atom. The number of ether oxygens (including phenoxy) is 1. The van der Waals surface area contributed by atoms with E-state index in [1.807, 2.05) is 32.9 Å². The predicted octanol–water partition coefficient (Wildman–Crippen LogP) is 2.09. The molecule has 0 bridgehead atoms. The van der Waals surface area contributed by atoms with Crippen LogP contribution in [0, 0.1) is 13.8 Å². The first-order valence-corrected chi connectivity index (χ1v) is 7.88. The van der Waals surface area contributed by atoms with Gasteiger partial charge in [0.1, 0.15) is 12.4 Å². The predicted molar refractivity (Wildman–Crippen MR) is 74.8 cm³/mol. The molecule has 0 unspecified atom stereocenters. The Bertz CT molecular complexity index is 486. The maximum absolute atomic E-state index is 11.5. The van der Waals surface area contributed by atoms with Crippen molar-refractivity contribution >= 4 is 15.5 Å². The molecule has 2 N–H and O–H groups in total. The van der Waals surface area contributed by atoms with Gasteiger partial charge in [0.15, 0.2) is 9.84 Å². The Balaban J connectivity index is 2.65. The lowest BCUT2D eigenvalue weighted by Gasteiger charge is -2.13. The smallest absolute Gasteiger partial charge is 0.153 e. The van der Waals surface area contributed by atoms with Gasteiger partial charge in [-0.3, -0.25) is 0 Å². The van der Waals surface area contributed by atoms with Crippen LogP contribution < -0.4 is 10.5 Å². The molecule has 4 nitrogen and oxygen atoms in total. The molecular weight excluding hydrogens is 250 g/mol. The van der Waals surface area contributed by atoms with Crippen LogP contribution in [0.2, 0.25) is 0 Å². The zero-order valence-corrected chi connectivity index (χ0v) is 12.0. The summed E-state index contributed by atoms with van der Waals surface area (Å²) >= 11 is 0. The van der Waals surface area contributed by atoms with Gasteiger partial charge in [-0.1, -0.05) is 6.92 Å². The van der Waals surface area contributed by atoms with E-state index in [1.54, 1.807) is 0 Å². The second kappa shape index (κ2) is 6.09. The van der Waals surface area contributed by atoms with Crippen LogP contribution in [0.5, 0.6) is 5.75 Å². The van der Waals surface area contributed by atoms with Gasteiger partial charge in [-0.15, -0.1) is 0 Å². The minimum absolute atomic E-state index is 0.0596. The summed E-state index contributed by atoms with van der Waals surface area (Å²) in [6, 6.07) is 3.64. The number of nitrogen functional groups attached to an aromatic ring is 1. The SMILES string of the molecule is CCCS(=O)(=O)CCOc1c(C)cc(N)cc1C. The van der Waals surface area contributed by atoms with Gasteiger partial charge in [-0.25, -0.2) is 8.42 Å². The van der Waals surface area contributed by atoms with Crippen molar-refractivity contribution in [2.75, 3.05) is 23.8 Å². The van der Waals surface area contributed by atoms with Crippen molar-refractivity contribution in [1.29, 1.82) is 0 Å². The summed E-state index contributed by atoms with van der Waals surface area (Å²) < 4.78 is 28.7. The third-order valence-corrected chi connectivity index (χ3v) is 4.46. The fraction of sp³-hybridized carbons (Fsp3) is 0.538. The lowest BCUT2D eigenvalue weighted by molar-refractivity contribution is 0.336. The fourth-order valence-electron chi connectivity index (χ4n) is 1.90. The highest BCUT2D eigenvalue weighted by Gasteiger charge is 2.11. The van der Waals surface area contributed by atoms with Gasteiger partial charge in [0.2, 0.25) is 0 Å². The molecule has 0 heterocycles. The zero-order chi connectivity index (χ0) is 13.8. The van der Waals surface area contributed by atoms with Gasteiger partial charge in [0.05, 0.1) is 11.5 Å². The van der Waals surface area contributed by atoms with Crippen molar-refractivity contribution in [3.05, 3.63) is 23.3 Å². The molecular formula is C13H21NO3S. The van der Waals surface area contributed by atoms with Crippen LogP contribution in [0.25, 0.3) is 0 Å². The molecule has 0 spiro atoms. The van der Waals surface area contributed by atoms with Crippen LogP contribution in [0.3, 0.4) is 0 Å². The largest absolute Gasteiger partial charge is 0.492 e. The molecule has 5 heteroatoms. The standard InChI is InChI=1S/C13H21NO3S/c1-4-6-18(15,16)7-5-17-13-10(2)8-12(14)9-11(13)3/h8-9H,4-7,14H2,1-3H3. The Morgan fingerprint density at radius 3 is 2.22 bits per heavy atom. The van der Waals surface area contributed by atoms with Crippen molar-refractivity contribution in [2.45, 2.75) is 27.2 Å². The Labute approximate surface area is 109 Å². The molecule has 1 aromatic rings. The van der Waals surface area contributed by atoms with Crippen LogP contribution in [-0.2, 0) is 9.84 Å². The second-order valence-corrected chi connectivity index (χ2v) is 6.79. The number of benzene rings is 1. The van der Waals surface area contributed by atoms with Crippen LogP contribution in [0.15, 0.2) is 12.1 Å². The number of nitrogens with two attached hydrogens (primary N) is 1. The Kier molecular flexibility index (Phi) is 5.02. The van der Waals surface area contributed by atoms with E-state index in [1.165, 1.54) is 0 Å². The molecule has 0 aromatic heterocycles. The summed E-state index contributed by atoms with van der Waals surface area (Å²) in [5.74, 6) is 1.01. The van der Waals surface area contributed by atoms with Crippen molar-refractivity contribution in [2.24, 2.45) is 0 Å². The zero-order valence-electron chi connectivity index (χ0n) is 11.2. The number of rotatable bonds is 6. The first-order valence-electron chi connectivity index (χ1n) is 6.05. The molecule has 1 rings (SSSR count). The Hall–Kier alpha value is -1.23. The topological polar surface area (TPSA) is 69.4 Å². The molecule has 0 fully saturated rings. The first-order chi connectivity index (χ1) is 8.35. The van der Waals surface area contributed by atoms with Crippen LogP contribution in [-0.4, -0.2) is 26.5 Å². The minimum Gasteiger partial charge on any atom is -0.492 e. The van der Waals surface area contributed by atoms with Crippen LogP contribution in [0.4, 0.5) is 5.69 Å². The van der Waals surface area contributed by atoms with E-state index in [0.29, 0.717) is 12.1 Å². The van der Waals surface area contributed by atoms with Gasteiger partial charge < -0.3 is 10.5 Å². The van der Waals surface area contributed by atoms with Crippen molar-refractivity contribution < 1.29 is 13.2 Å². The van der Waals surface area contributed by atoms with E-state index in [9.17, 15) is 8.42 Å². The summed E-state index contributed by atoms with van der Waals surface area (Å²) in [7, 11) is -2.99. The second-order valence-electron chi connectivity index (χ2n) is 4.48. The number of hydrogen-bond acceptors (Lipinski definition) is 4. The summed E-state index contributed by atoms with van der Waals surface area (Å²) in [6.07, 6.45) is 0.641. The minimum atomic E-state index is -2.99. The maximum Gasteiger partial charge on any atom is 0.153 e. The molecule has 0 saturated heterocycles. The number of sulfone groups is 1. The van der Waals surface area contributed by atoms with Gasteiger partial charge in [0.25, 0.3) is 0 Å². The van der Waals surface area contributed by atoms with Gasteiger partial charge in [-0.05, 0) is 43.5 Å². The van der Waals surface area contributed by atoms with E-state index in [2.05, 4.69) is 0 Å². The molecule has 1 aromatic carbocycles. The van der Waals surface area contributed by atoms with Crippen LogP contribution >= 0.6 is 0 Å². The summed E-state index contributed by atoms with van der Waals surface area (Å²) in [6.45, 7) is 5.85. The fourth-order valence-corrected chi connectivity index (χ4v) is 3.06. The van der Waals surface area contributed by atoms with Gasteiger partial charge in [0, 0.05) is 5.69 Å². The highest BCUT2D eigenvalue weighted by molar-refractivity contribution is 7.91. The van der Waals surface area contributed by atoms with E-state index in [-0.39, 0.29) is 18.1 Å². The Morgan fingerprint density at radius 1 is 1.17 bits per heavy atom. The molecule has 102 valence electrons. The van der Waals surface area contributed by atoms with E-state index in [0.717, 1.165) is 16.9 Å². The molecule has 18 heavy (non-hydrogen) atoms. The number of aryl methyl sites for hydroxylation is 2. The molecule has 0 aliphatic rings. The van der Waals surface area contributed by atoms with E-state index < -0.39 is 9.84 Å². The molecule has 0 aliphatic heterocycles. The van der Waals surface area contributed by atoms with Crippen molar-refractivity contribution in [3.8, 4) is 5.75 Å². The average Bonchev–Trinajstić information content (AvgIpc) is 2.21. The molecule has 0 amide bonds. The summed E-state index contributed by atoms with van der Waals surface area (Å²) in [5, 5.41) is 0. The first kappa shape index (κ1) is 14.8. The quantitative estimate of drug-likeness (QED) is 0.804. The maximum atomic E-state index is 11.5. The van der Waals surface area contributed by atoms with Gasteiger partial charge >= 0.3 is 0 Å². The third kappa shape index (κ3) is 4.22. The third-order valence-electron chi connectivity index (χ3n) is 2.64. The number of hydrogen-bond donors (Lipinski definition) is 1. The molecule has 0 aliphatic carbocycles. The lowest BCUT2D eigenvalue weighted by atomic mass is 10.1. The highest BCUT2D eigenvalue weighted by Crippen LogP contribution is 2.25. The van der Waals surface area contributed by atoms with E-state index >= 15 is 0 Å². The highest BCUT2D eigenvalue weighted by atomic mass is 32.2. The lowest BCUT2D eigenvalue weighted by Crippen LogP contribution is -2.17. The van der Waals surface area contributed by atoms with Gasteiger partial charge in [-0.2, -0.15) is 0 Å².